The summed E-state index contributed by atoms with van der Waals surface area (Å²) in [6.45, 7) is 4.35. The van der Waals surface area contributed by atoms with E-state index >= 15 is 0 Å². The standard InChI is InChI=1S/C12H15N3O/c1-8-3-9(2)5-11(4-8)15-12(16)6-10(7-13)14-15/h3-5H,6-7,13H2,1-2H3. The Kier molecular flexibility index (Phi) is 2.75. The summed E-state index contributed by atoms with van der Waals surface area (Å²) < 4.78 is 0. The number of hydrogen-bond acceptors (Lipinski definition) is 3. The van der Waals surface area contributed by atoms with Gasteiger partial charge < -0.3 is 5.73 Å². The number of carbonyl (C=O) groups excluding carboxylic acids is 1. The van der Waals surface area contributed by atoms with Crippen LogP contribution in [0.4, 0.5) is 5.69 Å². The van der Waals surface area contributed by atoms with Crippen molar-refractivity contribution in [2.45, 2.75) is 20.3 Å². The molecule has 0 atom stereocenters. The molecule has 0 radical (unpaired) electrons. The summed E-state index contributed by atoms with van der Waals surface area (Å²) in [6.07, 6.45) is 0.337. The first kappa shape index (κ1) is 10.8. The molecule has 0 saturated carbocycles. The zero-order valence-corrected chi connectivity index (χ0v) is 9.53. The summed E-state index contributed by atoms with van der Waals surface area (Å²) in [5, 5.41) is 5.66. The van der Waals surface area contributed by atoms with Crippen LogP contribution in [0.15, 0.2) is 23.3 Å². The molecule has 0 saturated heterocycles. The Balaban J connectivity index is 2.37. The van der Waals surface area contributed by atoms with Crippen LogP contribution in [0.2, 0.25) is 0 Å². The Labute approximate surface area is 94.7 Å². The van der Waals surface area contributed by atoms with Gasteiger partial charge in [-0.1, -0.05) is 6.07 Å². The van der Waals surface area contributed by atoms with Crippen molar-refractivity contribution < 1.29 is 4.79 Å². The smallest absolute Gasteiger partial charge is 0.253 e. The Morgan fingerprint density at radius 3 is 2.44 bits per heavy atom. The van der Waals surface area contributed by atoms with Crippen molar-refractivity contribution in [3.63, 3.8) is 0 Å². The molecule has 84 valence electrons. The molecule has 16 heavy (non-hydrogen) atoms. The highest BCUT2D eigenvalue weighted by Crippen LogP contribution is 2.22. The Morgan fingerprint density at radius 2 is 1.94 bits per heavy atom. The first-order valence-electron chi connectivity index (χ1n) is 5.28. The monoisotopic (exact) mass is 217 g/mol. The normalized spacial score (nSPS) is 15.6. The van der Waals surface area contributed by atoms with Crippen LogP contribution in [0.25, 0.3) is 0 Å². The molecular weight excluding hydrogens is 202 g/mol. The molecule has 1 aliphatic heterocycles. The number of rotatable bonds is 2. The molecule has 2 rings (SSSR count). The average Bonchev–Trinajstić information content (AvgIpc) is 2.58. The third-order valence-electron chi connectivity index (χ3n) is 2.52. The quantitative estimate of drug-likeness (QED) is 0.813. The van der Waals surface area contributed by atoms with Crippen LogP contribution in [-0.2, 0) is 4.79 Å². The SMILES string of the molecule is Cc1cc(C)cc(N2N=C(CN)CC2=O)c1. The van der Waals surface area contributed by atoms with Crippen molar-refractivity contribution in [2.75, 3.05) is 11.6 Å². The number of carbonyl (C=O) groups is 1. The summed E-state index contributed by atoms with van der Waals surface area (Å²) in [4.78, 5) is 11.7. The van der Waals surface area contributed by atoms with Gasteiger partial charge >= 0.3 is 0 Å². The lowest BCUT2D eigenvalue weighted by molar-refractivity contribution is -0.116. The average molecular weight is 217 g/mol. The zero-order chi connectivity index (χ0) is 11.7. The number of amides is 1. The highest BCUT2D eigenvalue weighted by molar-refractivity contribution is 6.13. The van der Waals surface area contributed by atoms with Gasteiger partial charge in [0.1, 0.15) is 0 Å². The molecule has 1 heterocycles. The second-order valence-corrected chi connectivity index (χ2v) is 4.10. The van der Waals surface area contributed by atoms with Crippen LogP contribution in [0.1, 0.15) is 17.5 Å². The predicted molar refractivity (Wildman–Crippen MR) is 64.5 cm³/mol. The Bertz CT molecular complexity index is 445. The number of anilines is 1. The number of aryl methyl sites for hydroxylation is 2. The summed E-state index contributed by atoms with van der Waals surface area (Å²) in [7, 11) is 0. The summed E-state index contributed by atoms with van der Waals surface area (Å²) in [6, 6.07) is 5.97. The van der Waals surface area contributed by atoms with Crippen LogP contribution >= 0.6 is 0 Å². The van der Waals surface area contributed by atoms with Crippen molar-refractivity contribution in [3.8, 4) is 0 Å². The molecule has 0 unspecified atom stereocenters. The molecule has 0 aromatic heterocycles. The van der Waals surface area contributed by atoms with Gasteiger partial charge in [-0.3, -0.25) is 4.79 Å². The maximum absolute atomic E-state index is 11.7. The molecule has 2 N–H and O–H groups in total. The van der Waals surface area contributed by atoms with Crippen molar-refractivity contribution in [3.05, 3.63) is 29.3 Å². The van der Waals surface area contributed by atoms with Gasteiger partial charge in [-0.15, -0.1) is 0 Å². The van der Waals surface area contributed by atoms with E-state index in [2.05, 4.69) is 11.2 Å². The van der Waals surface area contributed by atoms with E-state index in [1.165, 1.54) is 5.01 Å². The third kappa shape index (κ3) is 1.97. The summed E-state index contributed by atoms with van der Waals surface area (Å²) >= 11 is 0. The molecule has 0 fully saturated rings. The van der Waals surface area contributed by atoms with Gasteiger partial charge in [0.05, 0.1) is 17.8 Å². The highest BCUT2D eigenvalue weighted by Gasteiger charge is 2.24. The van der Waals surface area contributed by atoms with Crippen LogP contribution in [0, 0.1) is 13.8 Å². The van der Waals surface area contributed by atoms with Gasteiger partial charge in [0, 0.05) is 6.54 Å². The van der Waals surface area contributed by atoms with E-state index in [-0.39, 0.29) is 5.91 Å². The van der Waals surface area contributed by atoms with Gasteiger partial charge in [-0.2, -0.15) is 5.10 Å². The van der Waals surface area contributed by atoms with E-state index in [4.69, 9.17) is 5.73 Å². The molecule has 1 aromatic carbocycles. The number of hydrogen-bond donors (Lipinski definition) is 1. The van der Waals surface area contributed by atoms with Crippen molar-refractivity contribution in [1.82, 2.24) is 0 Å². The Hall–Kier alpha value is -1.68. The minimum Gasteiger partial charge on any atom is -0.325 e. The van der Waals surface area contributed by atoms with Crippen LogP contribution < -0.4 is 10.7 Å². The van der Waals surface area contributed by atoms with Gasteiger partial charge in [-0.25, -0.2) is 5.01 Å². The molecule has 0 spiro atoms. The lowest BCUT2D eigenvalue weighted by Crippen LogP contribution is -2.19. The minimum absolute atomic E-state index is 0.00884. The van der Waals surface area contributed by atoms with Crippen LogP contribution in [0.3, 0.4) is 0 Å². The maximum atomic E-state index is 11.7. The number of nitrogens with zero attached hydrogens (tertiary/aromatic N) is 2. The van der Waals surface area contributed by atoms with Gasteiger partial charge in [-0.05, 0) is 37.1 Å². The summed E-state index contributed by atoms with van der Waals surface area (Å²) in [5.74, 6) is -0.00884. The van der Waals surface area contributed by atoms with Crippen LogP contribution in [-0.4, -0.2) is 18.2 Å². The minimum atomic E-state index is -0.00884. The van der Waals surface area contributed by atoms with E-state index in [0.29, 0.717) is 13.0 Å². The van der Waals surface area contributed by atoms with E-state index in [1.807, 2.05) is 26.0 Å². The number of benzene rings is 1. The molecule has 0 aliphatic carbocycles. The van der Waals surface area contributed by atoms with Crippen molar-refractivity contribution in [1.29, 1.82) is 0 Å². The molecule has 4 nitrogen and oxygen atoms in total. The molecular formula is C12H15N3O. The largest absolute Gasteiger partial charge is 0.325 e. The Morgan fingerprint density at radius 1 is 1.31 bits per heavy atom. The fourth-order valence-corrected chi connectivity index (χ4v) is 1.87. The van der Waals surface area contributed by atoms with Gasteiger partial charge in [0.2, 0.25) is 0 Å². The van der Waals surface area contributed by atoms with Crippen LogP contribution in [0.5, 0.6) is 0 Å². The van der Waals surface area contributed by atoms with Crippen molar-refractivity contribution >= 4 is 17.3 Å². The number of hydrazone groups is 1. The van der Waals surface area contributed by atoms with E-state index in [9.17, 15) is 4.79 Å². The van der Waals surface area contributed by atoms with E-state index < -0.39 is 0 Å². The molecule has 0 bridgehead atoms. The molecule has 4 heteroatoms. The second-order valence-electron chi connectivity index (χ2n) is 4.10. The van der Waals surface area contributed by atoms with Gasteiger partial charge in [0.15, 0.2) is 0 Å². The fraction of sp³-hybridized carbons (Fsp3) is 0.333. The second kappa shape index (κ2) is 4.06. The highest BCUT2D eigenvalue weighted by atomic mass is 16.2. The maximum Gasteiger partial charge on any atom is 0.253 e. The lowest BCUT2D eigenvalue weighted by atomic mass is 10.1. The summed E-state index contributed by atoms with van der Waals surface area (Å²) in [5.41, 5.74) is 9.30. The fourth-order valence-electron chi connectivity index (χ4n) is 1.87. The number of nitrogens with two attached hydrogens (primary N) is 1. The van der Waals surface area contributed by atoms with Crippen molar-refractivity contribution in [2.24, 2.45) is 10.8 Å². The van der Waals surface area contributed by atoms with E-state index in [1.54, 1.807) is 0 Å². The molecule has 1 aromatic rings. The molecule has 1 aliphatic rings. The first-order chi connectivity index (χ1) is 7.60. The van der Waals surface area contributed by atoms with Gasteiger partial charge in [0.25, 0.3) is 5.91 Å². The predicted octanol–water partition coefficient (Wildman–Crippen LogP) is 1.35. The third-order valence-corrected chi connectivity index (χ3v) is 2.52. The lowest BCUT2D eigenvalue weighted by Gasteiger charge is -2.13. The molecule has 1 amide bonds. The topological polar surface area (TPSA) is 58.7 Å². The van der Waals surface area contributed by atoms with E-state index in [0.717, 1.165) is 22.5 Å². The first-order valence-corrected chi connectivity index (χ1v) is 5.28. The zero-order valence-electron chi connectivity index (χ0n) is 9.53.